The van der Waals surface area contributed by atoms with E-state index in [0.29, 0.717) is 18.2 Å². The SMILES string of the molecule is CCOC(=O)n1nc2c(c1N(C(=O)c1ccccc1)N1CCOC(NC(=O)CNCC(=O)OCC3c4ccccc4-c4ccccc43)C1)CN(S(=O)(=O)c1cc(F)cc(F)c1)C2(C)C. The van der Waals surface area contributed by atoms with E-state index < -0.39 is 68.7 Å². The standard InChI is InChI=1S/C45H45F2N7O9S/c1-4-61-44(58)53-42(36-25-52(45(2,3)41(36)50-53)64(59,60)31-21-29(46)20-30(47)22-31)54(43(57)28-12-6-5-7-13-28)51-18-19-62-39(26-51)49-38(55)23-48-24-40(56)63-27-37-34-16-10-8-14-32(34)33-15-9-11-17-35(33)37/h5-17,20-22,37,39,48H,4,18-19,23-27H2,1-3H3,(H,49,55). The predicted molar refractivity (Wildman–Crippen MR) is 227 cm³/mol. The number of anilines is 1. The van der Waals surface area contributed by atoms with Crippen molar-refractivity contribution in [2.45, 2.75) is 49.9 Å². The first-order valence-electron chi connectivity index (χ1n) is 20.6. The normalized spacial score (nSPS) is 17.0. The lowest BCUT2D eigenvalue weighted by atomic mass is 9.98. The smallest absolute Gasteiger partial charge is 0.436 e. The van der Waals surface area contributed by atoms with Crippen molar-refractivity contribution in [2.75, 3.05) is 51.0 Å². The van der Waals surface area contributed by atoms with Gasteiger partial charge in [0.25, 0.3) is 5.91 Å². The van der Waals surface area contributed by atoms with Crippen molar-refractivity contribution in [3.05, 3.63) is 137 Å². The fourth-order valence-corrected chi connectivity index (χ4v) is 10.2. The molecule has 1 unspecified atom stereocenters. The number of aromatic nitrogens is 2. The van der Waals surface area contributed by atoms with Crippen LogP contribution >= 0.6 is 0 Å². The summed E-state index contributed by atoms with van der Waals surface area (Å²) < 4.78 is 75.6. The number of halogens is 2. The van der Waals surface area contributed by atoms with Gasteiger partial charge in [-0.25, -0.2) is 32.0 Å². The summed E-state index contributed by atoms with van der Waals surface area (Å²) in [6.07, 6.45) is -1.97. The summed E-state index contributed by atoms with van der Waals surface area (Å²) in [6, 6.07) is 26.0. The molecule has 5 aromatic rings. The van der Waals surface area contributed by atoms with E-state index in [4.69, 9.17) is 14.2 Å². The highest BCUT2D eigenvalue weighted by molar-refractivity contribution is 7.89. The predicted octanol–water partition coefficient (Wildman–Crippen LogP) is 4.89. The quantitative estimate of drug-likeness (QED) is 0.153. The number of sulfonamides is 1. The lowest BCUT2D eigenvalue weighted by Crippen LogP contribution is -2.59. The van der Waals surface area contributed by atoms with Crippen LogP contribution in [0.3, 0.4) is 0 Å². The molecule has 334 valence electrons. The number of benzene rings is 4. The van der Waals surface area contributed by atoms with Gasteiger partial charge in [0.15, 0.2) is 5.82 Å². The molecule has 19 heteroatoms. The van der Waals surface area contributed by atoms with Gasteiger partial charge in [-0.3, -0.25) is 19.7 Å². The van der Waals surface area contributed by atoms with Crippen LogP contribution in [0.2, 0.25) is 0 Å². The molecule has 1 saturated heterocycles. The highest BCUT2D eigenvalue weighted by atomic mass is 32.2. The largest absolute Gasteiger partial charge is 0.464 e. The van der Waals surface area contributed by atoms with Crippen LogP contribution in [-0.4, -0.2) is 104 Å². The minimum Gasteiger partial charge on any atom is -0.464 e. The highest BCUT2D eigenvalue weighted by Gasteiger charge is 2.51. The van der Waals surface area contributed by atoms with Gasteiger partial charge in [0, 0.05) is 36.2 Å². The van der Waals surface area contributed by atoms with Gasteiger partial charge in [-0.1, -0.05) is 66.7 Å². The number of ether oxygens (including phenoxy) is 3. The molecule has 0 saturated carbocycles. The second-order valence-electron chi connectivity index (χ2n) is 15.8. The van der Waals surface area contributed by atoms with Crippen LogP contribution in [0.1, 0.15) is 59.4 Å². The summed E-state index contributed by atoms with van der Waals surface area (Å²) in [4.78, 5) is 53.8. The summed E-state index contributed by atoms with van der Waals surface area (Å²) >= 11 is 0. The first-order valence-corrected chi connectivity index (χ1v) is 22.0. The molecule has 8 rings (SSSR count). The van der Waals surface area contributed by atoms with E-state index in [1.807, 2.05) is 48.5 Å². The van der Waals surface area contributed by atoms with Crippen LogP contribution in [0.25, 0.3) is 11.1 Å². The van der Waals surface area contributed by atoms with Crippen molar-refractivity contribution in [3.8, 4) is 11.1 Å². The number of esters is 1. The molecule has 0 bridgehead atoms. The van der Waals surface area contributed by atoms with E-state index in [-0.39, 0.29) is 74.6 Å². The average Bonchev–Trinajstić information content (AvgIpc) is 3.90. The van der Waals surface area contributed by atoms with Gasteiger partial charge >= 0.3 is 12.1 Å². The van der Waals surface area contributed by atoms with Gasteiger partial charge in [-0.05, 0) is 67.3 Å². The molecule has 2 N–H and O–H groups in total. The van der Waals surface area contributed by atoms with Gasteiger partial charge in [0.1, 0.15) is 24.5 Å². The summed E-state index contributed by atoms with van der Waals surface area (Å²) in [5, 5.41) is 12.8. The number of hydrazine groups is 1. The Bertz CT molecular complexity index is 2670. The average molecular weight is 898 g/mol. The zero-order chi connectivity index (χ0) is 45.3. The summed E-state index contributed by atoms with van der Waals surface area (Å²) in [5.74, 6) is -4.18. The van der Waals surface area contributed by atoms with Crippen LogP contribution in [0.15, 0.2) is 102 Å². The third-order valence-electron chi connectivity index (χ3n) is 11.3. The Hall–Kier alpha value is -6.38. The lowest BCUT2D eigenvalue weighted by molar-refractivity contribution is -0.142. The first kappa shape index (κ1) is 44.2. The molecule has 2 aliphatic heterocycles. The highest BCUT2D eigenvalue weighted by Crippen LogP contribution is 2.47. The number of rotatable bonds is 13. The van der Waals surface area contributed by atoms with Crippen LogP contribution < -0.4 is 15.6 Å². The van der Waals surface area contributed by atoms with Crippen molar-refractivity contribution >= 4 is 39.7 Å². The summed E-state index contributed by atoms with van der Waals surface area (Å²) in [7, 11) is -4.61. The second-order valence-corrected chi connectivity index (χ2v) is 17.6. The molecule has 16 nitrogen and oxygen atoms in total. The third kappa shape index (κ3) is 8.51. The number of fused-ring (bicyclic) bond motifs is 4. The molecule has 4 aromatic carbocycles. The van der Waals surface area contributed by atoms with Crippen LogP contribution in [-0.2, 0) is 45.9 Å². The minimum atomic E-state index is -4.61. The lowest BCUT2D eigenvalue weighted by Gasteiger charge is -2.40. The van der Waals surface area contributed by atoms with Crippen molar-refractivity contribution in [2.24, 2.45) is 0 Å². The molecule has 1 atom stereocenters. The van der Waals surface area contributed by atoms with Gasteiger partial charge in [-0.2, -0.15) is 9.40 Å². The molecule has 0 spiro atoms. The fourth-order valence-electron chi connectivity index (χ4n) is 8.40. The molecule has 1 fully saturated rings. The Morgan fingerprint density at radius 2 is 1.53 bits per heavy atom. The van der Waals surface area contributed by atoms with Crippen molar-refractivity contribution in [1.29, 1.82) is 0 Å². The topological polar surface area (TPSA) is 182 Å². The number of carbonyl (C=O) groups is 4. The zero-order valence-electron chi connectivity index (χ0n) is 35.1. The van der Waals surface area contributed by atoms with E-state index in [1.54, 1.807) is 37.3 Å². The van der Waals surface area contributed by atoms with E-state index in [2.05, 4.69) is 15.7 Å². The van der Waals surface area contributed by atoms with Gasteiger partial charge in [0.05, 0.1) is 49.0 Å². The number of hydrogen-bond acceptors (Lipinski definition) is 12. The number of morpholine rings is 1. The van der Waals surface area contributed by atoms with E-state index >= 15 is 0 Å². The number of amides is 2. The van der Waals surface area contributed by atoms with Crippen molar-refractivity contribution in [1.82, 2.24) is 29.7 Å². The molecule has 64 heavy (non-hydrogen) atoms. The second kappa shape index (κ2) is 18.0. The van der Waals surface area contributed by atoms with E-state index in [9.17, 15) is 36.4 Å². The number of hydrogen-bond donors (Lipinski definition) is 2. The fraction of sp³-hybridized carbons (Fsp3) is 0.311. The van der Waals surface area contributed by atoms with Gasteiger partial charge < -0.3 is 19.5 Å². The molecular weight excluding hydrogens is 853 g/mol. The maximum atomic E-state index is 14.7. The molecular formula is C45H45F2N7O9S. The van der Waals surface area contributed by atoms with Crippen molar-refractivity contribution in [3.63, 3.8) is 0 Å². The maximum Gasteiger partial charge on any atom is 0.436 e. The minimum absolute atomic E-state index is 0.0104. The van der Waals surface area contributed by atoms with Crippen LogP contribution in [0.4, 0.5) is 19.4 Å². The molecule has 1 aromatic heterocycles. The van der Waals surface area contributed by atoms with Gasteiger partial charge in [0.2, 0.25) is 15.9 Å². The Morgan fingerprint density at radius 3 is 2.19 bits per heavy atom. The summed E-state index contributed by atoms with van der Waals surface area (Å²) in [5.41, 5.74) is 3.24. The Labute approximate surface area is 367 Å². The number of nitrogens with one attached hydrogen (secondary N) is 2. The monoisotopic (exact) mass is 897 g/mol. The molecule has 2 amide bonds. The maximum absolute atomic E-state index is 14.7. The first-order chi connectivity index (χ1) is 30.7. The Balaban J connectivity index is 0.997. The zero-order valence-corrected chi connectivity index (χ0v) is 35.9. The van der Waals surface area contributed by atoms with E-state index in [0.717, 1.165) is 31.2 Å². The van der Waals surface area contributed by atoms with Gasteiger partial charge in [-0.15, -0.1) is 4.68 Å². The van der Waals surface area contributed by atoms with E-state index in [1.165, 1.54) is 23.9 Å². The van der Waals surface area contributed by atoms with Crippen LogP contribution in [0, 0.1) is 11.6 Å². The number of nitrogens with zero attached hydrogens (tertiary/aromatic N) is 5. The number of carbonyl (C=O) groups excluding carboxylic acids is 4. The van der Waals surface area contributed by atoms with Crippen LogP contribution in [0.5, 0.6) is 0 Å². The summed E-state index contributed by atoms with van der Waals surface area (Å²) in [6.45, 7) is 3.59. The third-order valence-corrected chi connectivity index (χ3v) is 13.3. The Morgan fingerprint density at radius 1 is 0.891 bits per heavy atom. The molecule has 1 aliphatic carbocycles. The Kier molecular flexibility index (Phi) is 12.4. The van der Waals surface area contributed by atoms with Crippen molar-refractivity contribution < 1.29 is 50.6 Å². The molecule has 3 heterocycles. The molecule has 3 aliphatic rings. The molecule has 0 radical (unpaired) electrons.